The number of aromatic nitrogens is 2. The van der Waals surface area contributed by atoms with Crippen molar-refractivity contribution in [2.75, 3.05) is 7.11 Å². The minimum absolute atomic E-state index is 0.0272. The molecule has 0 atom stereocenters. The van der Waals surface area contributed by atoms with Gasteiger partial charge in [-0.1, -0.05) is 72.8 Å². The van der Waals surface area contributed by atoms with Crippen LogP contribution in [0.25, 0.3) is 22.5 Å². The van der Waals surface area contributed by atoms with Crippen LogP contribution in [0.15, 0.2) is 97.1 Å². The van der Waals surface area contributed by atoms with Gasteiger partial charge in [-0.15, -0.1) is 0 Å². The molecule has 8 nitrogen and oxygen atoms in total. The SMILES string of the molecule is COC(=O)CCC(=O)c1cccc(-c2ccccc2)n1.O=C(O)CCC(=O)c1cccc(-c2ccccc2)n1. The molecule has 0 saturated carbocycles. The number of hydrogen-bond acceptors (Lipinski definition) is 7. The van der Waals surface area contributed by atoms with Gasteiger partial charge in [-0.25, -0.2) is 9.97 Å². The first-order valence-electron chi connectivity index (χ1n) is 12.3. The lowest BCUT2D eigenvalue weighted by Gasteiger charge is -2.04. The van der Waals surface area contributed by atoms with Crippen LogP contribution in [0.1, 0.15) is 46.7 Å². The number of Topliss-reactive ketones (excluding diaryl/α,β-unsaturated/α-hetero) is 2. The van der Waals surface area contributed by atoms with Crippen LogP contribution in [0.2, 0.25) is 0 Å². The van der Waals surface area contributed by atoms with Gasteiger partial charge in [0, 0.05) is 24.0 Å². The number of carboxylic acid groups (broad SMARTS) is 1. The number of hydrogen-bond donors (Lipinski definition) is 1. The molecule has 2 heterocycles. The molecule has 2 aromatic carbocycles. The standard InChI is InChI=1S/C16H15NO3.C15H13NO3/c1-20-16(19)11-10-15(18)14-9-5-8-13(17-14)12-6-3-2-4-7-12;17-14(9-10-15(18)19)13-8-4-7-12(16-13)11-5-2-1-3-6-11/h2-9H,10-11H2,1H3;1-8H,9-10H2,(H,18,19). The third-order valence-corrected chi connectivity index (χ3v) is 5.56. The zero-order chi connectivity index (χ0) is 28.0. The second-order valence-corrected chi connectivity index (χ2v) is 8.36. The van der Waals surface area contributed by atoms with E-state index in [1.54, 1.807) is 24.3 Å². The number of ketones is 2. The summed E-state index contributed by atoms with van der Waals surface area (Å²) in [6, 6.07) is 29.7. The fourth-order valence-corrected chi connectivity index (χ4v) is 3.51. The highest BCUT2D eigenvalue weighted by atomic mass is 16.5. The third-order valence-electron chi connectivity index (χ3n) is 5.56. The lowest BCUT2D eigenvalue weighted by Crippen LogP contribution is -2.07. The fourth-order valence-electron chi connectivity index (χ4n) is 3.51. The summed E-state index contributed by atoms with van der Waals surface area (Å²) in [7, 11) is 1.31. The number of carbonyl (C=O) groups excluding carboxylic acids is 3. The molecular formula is C31H28N2O6. The van der Waals surface area contributed by atoms with Gasteiger partial charge in [-0.2, -0.15) is 0 Å². The molecule has 0 spiro atoms. The summed E-state index contributed by atoms with van der Waals surface area (Å²) in [5, 5.41) is 8.57. The van der Waals surface area contributed by atoms with Crippen molar-refractivity contribution in [1.29, 1.82) is 0 Å². The maximum atomic E-state index is 12.0. The van der Waals surface area contributed by atoms with Crippen LogP contribution in [-0.2, 0) is 14.3 Å². The van der Waals surface area contributed by atoms with E-state index in [2.05, 4.69) is 14.7 Å². The van der Waals surface area contributed by atoms with Crippen molar-refractivity contribution >= 4 is 23.5 Å². The van der Waals surface area contributed by atoms with Gasteiger partial charge in [0.15, 0.2) is 11.6 Å². The summed E-state index contributed by atoms with van der Waals surface area (Å²) in [5.74, 6) is -1.78. The van der Waals surface area contributed by atoms with E-state index in [0.717, 1.165) is 16.8 Å². The Morgan fingerprint density at radius 3 is 1.44 bits per heavy atom. The molecule has 0 fully saturated rings. The molecule has 39 heavy (non-hydrogen) atoms. The number of carbonyl (C=O) groups is 4. The van der Waals surface area contributed by atoms with Crippen molar-refractivity contribution < 1.29 is 29.0 Å². The number of nitrogens with zero attached hydrogens (tertiary/aromatic N) is 2. The monoisotopic (exact) mass is 524 g/mol. The summed E-state index contributed by atoms with van der Waals surface area (Å²) in [6.45, 7) is 0. The summed E-state index contributed by atoms with van der Waals surface area (Å²) in [6.07, 6.45) is -0.0127. The highest BCUT2D eigenvalue weighted by Gasteiger charge is 2.12. The molecule has 8 heteroatoms. The van der Waals surface area contributed by atoms with Gasteiger partial charge < -0.3 is 9.84 Å². The Labute approximate surface area is 226 Å². The molecule has 0 saturated heterocycles. The highest BCUT2D eigenvalue weighted by molar-refractivity contribution is 5.96. The van der Waals surface area contributed by atoms with Gasteiger partial charge in [-0.3, -0.25) is 19.2 Å². The number of benzene rings is 2. The lowest BCUT2D eigenvalue weighted by atomic mass is 10.1. The Bertz CT molecular complexity index is 1420. The zero-order valence-electron chi connectivity index (χ0n) is 21.4. The molecule has 0 radical (unpaired) electrons. The predicted molar refractivity (Wildman–Crippen MR) is 146 cm³/mol. The lowest BCUT2D eigenvalue weighted by molar-refractivity contribution is -0.140. The molecule has 0 bridgehead atoms. The van der Waals surface area contributed by atoms with Crippen molar-refractivity contribution in [2.45, 2.75) is 25.7 Å². The van der Waals surface area contributed by atoms with Crippen LogP contribution < -0.4 is 0 Å². The van der Waals surface area contributed by atoms with Crippen LogP contribution in [0.4, 0.5) is 0 Å². The molecule has 2 aromatic heterocycles. The number of aliphatic carboxylic acids is 1. The summed E-state index contributed by atoms with van der Waals surface area (Å²) in [5.41, 5.74) is 4.01. The Morgan fingerprint density at radius 1 is 0.590 bits per heavy atom. The molecule has 1 N–H and O–H groups in total. The van der Waals surface area contributed by atoms with Crippen molar-refractivity contribution in [2.24, 2.45) is 0 Å². The van der Waals surface area contributed by atoms with E-state index in [1.165, 1.54) is 7.11 Å². The van der Waals surface area contributed by atoms with Crippen molar-refractivity contribution in [3.63, 3.8) is 0 Å². The summed E-state index contributed by atoms with van der Waals surface area (Å²) in [4.78, 5) is 53.9. The van der Waals surface area contributed by atoms with Gasteiger partial charge in [0.2, 0.25) is 0 Å². The van der Waals surface area contributed by atoms with E-state index in [0.29, 0.717) is 17.1 Å². The predicted octanol–water partition coefficient (Wildman–Crippen LogP) is 5.68. The molecule has 0 unspecified atom stereocenters. The third kappa shape index (κ3) is 9.12. The van der Waals surface area contributed by atoms with Crippen LogP contribution in [0.3, 0.4) is 0 Å². The first-order valence-corrected chi connectivity index (χ1v) is 12.3. The van der Waals surface area contributed by atoms with Gasteiger partial charge >= 0.3 is 11.9 Å². The van der Waals surface area contributed by atoms with E-state index < -0.39 is 11.9 Å². The molecular weight excluding hydrogens is 496 g/mol. The largest absolute Gasteiger partial charge is 0.481 e. The van der Waals surface area contributed by atoms with Crippen molar-refractivity contribution in [3.8, 4) is 22.5 Å². The van der Waals surface area contributed by atoms with E-state index in [4.69, 9.17) is 5.11 Å². The second-order valence-electron chi connectivity index (χ2n) is 8.36. The van der Waals surface area contributed by atoms with Gasteiger partial charge in [0.25, 0.3) is 0 Å². The Hall–Kier alpha value is -4.98. The number of carboxylic acids is 1. The van der Waals surface area contributed by atoms with Gasteiger partial charge in [0.05, 0.1) is 31.3 Å². The molecule has 4 rings (SSSR count). The maximum Gasteiger partial charge on any atom is 0.305 e. The molecule has 0 aliphatic carbocycles. The van der Waals surface area contributed by atoms with Crippen molar-refractivity contribution in [3.05, 3.63) is 108 Å². The molecule has 0 amide bonds. The van der Waals surface area contributed by atoms with E-state index in [9.17, 15) is 19.2 Å². The maximum absolute atomic E-state index is 12.0. The number of esters is 1. The Balaban J connectivity index is 0.000000216. The number of pyridine rings is 2. The Kier molecular flexibility index (Phi) is 10.8. The van der Waals surface area contributed by atoms with Gasteiger partial charge in [-0.05, 0) is 24.3 Å². The highest BCUT2D eigenvalue weighted by Crippen LogP contribution is 2.18. The molecule has 0 aliphatic heterocycles. The van der Waals surface area contributed by atoms with Crippen LogP contribution in [0.5, 0.6) is 0 Å². The van der Waals surface area contributed by atoms with Crippen LogP contribution in [0, 0.1) is 0 Å². The fraction of sp³-hybridized carbons (Fsp3) is 0.161. The average molecular weight is 525 g/mol. The van der Waals surface area contributed by atoms with E-state index in [-0.39, 0.29) is 37.2 Å². The van der Waals surface area contributed by atoms with Crippen LogP contribution >= 0.6 is 0 Å². The van der Waals surface area contributed by atoms with E-state index >= 15 is 0 Å². The molecule has 198 valence electrons. The number of methoxy groups -OCH3 is 1. The van der Waals surface area contributed by atoms with Crippen molar-refractivity contribution in [1.82, 2.24) is 9.97 Å². The normalized spacial score (nSPS) is 10.1. The smallest absolute Gasteiger partial charge is 0.305 e. The average Bonchev–Trinajstić information content (AvgIpc) is 2.99. The summed E-state index contributed by atoms with van der Waals surface area (Å²) < 4.78 is 4.52. The van der Waals surface area contributed by atoms with E-state index in [1.807, 2.05) is 72.8 Å². The quantitative estimate of drug-likeness (QED) is 0.208. The van der Waals surface area contributed by atoms with Gasteiger partial charge in [0.1, 0.15) is 11.4 Å². The molecule has 0 aliphatic rings. The second kappa shape index (κ2) is 14.7. The molecule has 4 aromatic rings. The first-order chi connectivity index (χ1) is 18.9. The van der Waals surface area contributed by atoms with Crippen LogP contribution in [-0.4, -0.2) is 45.7 Å². The summed E-state index contributed by atoms with van der Waals surface area (Å²) >= 11 is 0. The Morgan fingerprint density at radius 2 is 1.03 bits per heavy atom. The first kappa shape index (κ1) is 28.6. The topological polar surface area (TPSA) is 124 Å². The minimum Gasteiger partial charge on any atom is -0.481 e. The minimum atomic E-state index is -0.979. The number of rotatable bonds is 10. The number of ether oxygens (including phenoxy) is 1. The zero-order valence-corrected chi connectivity index (χ0v) is 21.4.